The minimum absolute atomic E-state index is 0.0341. The van der Waals surface area contributed by atoms with Gasteiger partial charge in [0.2, 0.25) is 10.0 Å². The number of anilines is 1. The van der Waals surface area contributed by atoms with E-state index in [1.165, 1.54) is 0 Å². The van der Waals surface area contributed by atoms with Gasteiger partial charge < -0.3 is 20.8 Å². The predicted octanol–water partition coefficient (Wildman–Crippen LogP) is 0.860. The highest BCUT2D eigenvalue weighted by molar-refractivity contribution is 7.89. The van der Waals surface area contributed by atoms with E-state index < -0.39 is 50.4 Å². The highest BCUT2D eigenvalue weighted by Crippen LogP contribution is 2.21. The van der Waals surface area contributed by atoms with Crippen molar-refractivity contribution in [1.29, 1.82) is 0 Å². The van der Waals surface area contributed by atoms with E-state index in [4.69, 9.17) is 5.11 Å². The Morgan fingerprint density at radius 1 is 1.19 bits per heavy atom. The molecular formula is C15H22FN3O6S. The third-order valence-electron chi connectivity index (χ3n) is 2.97. The lowest BCUT2D eigenvalue weighted by Gasteiger charge is -2.21. The van der Waals surface area contributed by atoms with Gasteiger partial charge in [0.15, 0.2) is 5.60 Å². The zero-order valence-electron chi connectivity index (χ0n) is 14.8. The fourth-order valence-electron chi connectivity index (χ4n) is 1.75. The Balaban J connectivity index is 2.94. The van der Waals surface area contributed by atoms with Gasteiger partial charge in [-0.25, -0.2) is 27.1 Å². The van der Waals surface area contributed by atoms with Crippen molar-refractivity contribution >= 4 is 27.7 Å². The Hall–Kier alpha value is -2.24. The summed E-state index contributed by atoms with van der Waals surface area (Å²) in [6, 6.07) is 2.05. The van der Waals surface area contributed by atoms with Gasteiger partial charge in [-0.3, -0.25) is 0 Å². The van der Waals surface area contributed by atoms with E-state index in [1.807, 2.05) is 0 Å². The van der Waals surface area contributed by atoms with Crippen LogP contribution in [0.3, 0.4) is 0 Å². The Morgan fingerprint density at radius 3 is 2.27 bits per heavy atom. The second kappa shape index (κ2) is 7.56. The Morgan fingerprint density at radius 2 is 1.77 bits per heavy atom. The lowest BCUT2D eigenvalue weighted by atomic mass is 10.1. The van der Waals surface area contributed by atoms with Gasteiger partial charge in [-0.2, -0.15) is 0 Å². The van der Waals surface area contributed by atoms with Gasteiger partial charge in [0, 0.05) is 11.2 Å². The average Bonchev–Trinajstić information content (AvgIpc) is 2.44. The van der Waals surface area contributed by atoms with Gasteiger partial charge in [0.1, 0.15) is 10.7 Å². The molecule has 26 heavy (non-hydrogen) atoms. The number of halogens is 1. The Labute approximate surface area is 150 Å². The molecule has 0 spiro atoms. The lowest BCUT2D eigenvalue weighted by molar-refractivity contribution is -0.155. The number of hydrogen-bond donors (Lipinski definition) is 5. The van der Waals surface area contributed by atoms with E-state index in [-0.39, 0.29) is 5.69 Å². The highest BCUT2D eigenvalue weighted by atomic mass is 32.2. The summed E-state index contributed by atoms with van der Waals surface area (Å²) in [6.45, 7) is 5.17. The smallest absolute Gasteiger partial charge is 0.337 e. The molecule has 9 nitrogen and oxygen atoms in total. The third-order valence-corrected chi connectivity index (χ3v) is 4.75. The van der Waals surface area contributed by atoms with Crippen molar-refractivity contribution in [3.63, 3.8) is 0 Å². The summed E-state index contributed by atoms with van der Waals surface area (Å²) in [5.74, 6) is -2.53. The molecule has 0 heterocycles. The van der Waals surface area contributed by atoms with Crippen LogP contribution in [-0.4, -0.2) is 48.3 Å². The van der Waals surface area contributed by atoms with Crippen LogP contribution in [-0.2, 0) is 14.8 Å². The number of hydrogen-bond acceptors (Lipinski definition) is 5. The fraction of sp³-hybridized carbons (Fsp3) is 0.467. The number of sulfonamides is 1. The number of amides is 2. The summed E-state index contributed by atoms with van der Waals surface area (Å²) in [5.41, 5.74) is -3.05. The first kappa shape index (κ1) is 21.8. The second-order valence-electron chi connectivity index (χ2n) is 6.89. The molecule has 0 bridgehead atoms. The molecule has 1 rings (SSSR count). The van der Waals surface area contributed by atoms with E-state index in [0.29, 0.717) is 0 Å². The summed E-state index contributed by atoms with van der Waals surface area (Å²) < 4.78 is 40.7. The fourth-order valence-corrected chi connectivity index (χ4v) is 3.27. The van der Waals surface area contributed by atoms with Gasteiger partial charge in [-0.15, -0.1) is 0 Å². The summed E-state index contributed by atoms with van der Waals surface area (Å²) in [7, 11) is -4.17. The van der Waals surface area contributed by atoms with Gasteiger partial charge in [0.05, 0.1) is 6.54 Å². The van der Waals surface area contributed by atoms with Crippen LogP contribution >= 0.6 is 0 Å². The van der Waals surface area contributed by atoms with Crippen molar-refractivity contribution in [3.05, 3.63) is 24.0 Å². The molecule has 11 heteroatoms. The van der Waals surface area contributed by atoms with Crippen LogP contribution in [0.2, 0.25) is 0 Å². The zero-order chi connectivity index (χ0) is 20.3. The van der Waals surface area contributed by atoms with Crippen molar-refractivity contribution in [2.75, 3.05) is 11.9 Å². The molecule has 0 fully saturated rings. The largest absolute Gasteiger partial charge is 0.479 e. The van der Waals surface area contributed by atoms with Crippen LogP contribution in [0.4, 0.5) is 14.9 Å². The minimum atomic E-state index is -4.17. The van der Waals surface area contributed by atoms with Crippen molar-refractivity contribution in [1.82, 2.24) is 10.0 Å². The van der Waals surface area contributed by atoms with Gasteiger partial charge >= 0.3 is 12.0 Å². The standard InChI is InChI=1S/C15H22FN3O6S/c1-14(2,3)19-26(24,25)11-7-9(5-6-10(11)16)18-13(22)17-8-15(4,23)12(20)21/h5-7,19,23H,8H2,1-4H3,(H,20,21)(H2,17,18,22). The first-order valence-corrected chi connectivity index (χ1v) is 8.96. The van der Waals surface area contributed by atoms with E-state index in [0.717, 1.165) is 25.1 Å². The first-order valence-electron chi connectivity index (χ1n) is 7.48. The number of aliphatic carboxylic acids is 1. The van der Waals surface area contributed by atoms with E-state index in [1.54, 1.807) is 20.8 Å². The highest BCUT2D eigenvalue weighted by Gasteiger charge is 2.30. The molecule has 5 N–H and O–H groups in total. The predicted molar refractivity (Wildman–Crippen MR) is 91.8 cm³/mol. The summed E-state index contributed by atoms with van der Waals surface area (Å²) in [4.78, 5) is 21.9. The van der Waals surface area contributed by atoms with Gasteiger partial charge in [-0.1, -0.05) is 0 Å². The van der Waals surface area contributed by atoms with Crippen LogP contribution in [0.25, 0.3) is 0 Å². The SMILES string of the molecule is CC(C)(C)NS(=O)(=O)c1cc(NC(=O)NCC(C)(O)C(=O)O)ccc1F. The third kappa shape index (κ3) is 6.24. The quantitative estimate of drug-likeness (QED) is 0.486. The second-order valence-corrected chi connectivity index (χ2v) is 8.54. The van der Waals surface area contributed by atoms with E-state index in [9.17, 15) is 27.5 Å². The number of carboxylic acids is 1. The monoisotopic (exact) mass is 391 g/mol. The molecule has 0 aliphatic carbocycles. The molecule has 1 unspecified atom stereocenters. The van der Waals surface area contributed by atoms with Crippen LogP contribution < -0.4 is 15.4 Å². The van der Waals surface area contributed by atoms with E-state index >= 15 is 0 Å². The zero-order valence-corrected chi connectivity index (χ0v) is 15.6. The topological polar surface area (TPSA) is 145 Å². The maximum absolute atomic E-state index is 13.9. The molecule has 0 aliphatic heterocycles. The maximum atomic E-state index is 13.9. The number of aliphatic hydroxyl groups is 1. The van der Waals surface area contributed by atoms with Crippen LogP contribution in [0.5, 0.6) is 0 Å². The van der Waals surface area contributed by atoms with Crippen molar-refractivity contribution in [2.45, 2.75) is 43.7 Å². The molecule has 1 aromatic rings. The lowest BCUT2D eigenvalue weighted by Crippen LogP contribution is -2.47. The molecule has 2 amide bonds. The number of carboxylic acid groups (broad SMARTS) is 1. The van der Waals surface area contributed by atoms with Crippen LogP contribution in [0, 0.1) is 5.82 Å². The van der Waals surface area contributed by atoms with Crippen LogP contribution in [0.15, 0.2) is 23.1 Å². The Kier molecular flexibility index (Phi) is 6.34. The number of carbonyl (C=O) groups excluding carboxylic acids is 1. The number of rotatable bonds is 6. The van der Waals surface area contributed by atoms with Gasteiger partial charge in [0.25, 0.3) is 0 Å². The maximum Gasteiger partial charge on any atom is 0.337 e. The molecule has 1 atom stereocenters. The molecular weight excluding hydrogens is 369 g/mol. The van der Waals surface area contributed by atoms with Gasteiger partial charge in [-0.05, 0) is 45.9 Å². The number of benzene rings is 1. The van der Waals surface area contributed by atoms with Crippen molar-refractivity contribution in [2.24, 2.45) is 0 Å². The van der Waals surface area contributed by atoms with Crippen molar-refractivity contribution < 1.29 is 32.6 Å². The first-order chi connectivity index (χ1) is 11.6. The molecule has 0 radical (unpaired) electrons. The van der Waals surface area contributed by atoms with E-state index in [2.05, 4.69) is 15.4 Å². The number of carbonyl (C=O) groups is 2. The Bertz CT molecular complexity index is 802. The molecule has 1 aromatic carbocycles. The summed E-state index contributed by atoms with van der Waals surface area (Å²) >= 11 is 0. The van der Waals surface area contributed by atoms with Crippen LogP contribution in [0.1, 0.15) is 27.7 Å². The normalized spacial score (nSPS) is 14.4. The molecule has 0 saturated carbocycles. The average molecular weight is 391 g/mol. The minimum Gasteiger partial charge on any atom is -0.479 e. The summed E-state index contributed by atoms with van der Waals surface area (Å²) in [6.07, 6.45) is 0. The number of urea groups is 1. The molecule has 0 aromatic heterocycles. The summed E-state index contributed by atoms with van der Waals surface area (Å²) in [5, 5.41) is 22.6. The molecule has 0 aliphatic rings. The molecule has 146 valence electrons. The van der Waals surface area contributed by atoms with Crippen molar-refractivity contribution in [3.8, 4) is 0 Å². The molecule has 0 saturated heterocycles. The number of nitrogens with one attached hydrogen (secondary N) is 3.